The Bertz CT molecular complexity index is 789. The molecule has 28 heavy (non-hydrogen) atoms. The Hall–Kier alpha value is -2.27. The van der Waals surface area contributed by atoms with E-state index in [0.29, 0.717) is 6.54 Å². The van der Waals surface area contributed by atoms with Gasteiger partial charge in [0.15, 0.2) is 5.69 Å². The van der Waals surface area contributed by atoms with Crippen molar-refractivity contribution in [2.24, 2.45) is 5.92 Å². The van der Waals surface area contributed by atoms with E-state index in [4.69, 9.17) is 15.2 Å². The van der Waals surface area contributed by atoms with Gasteiger partial charge in [-0.3, -0.25) is 23.9 Å². The van der Waals surface area contributed by atoms with Gasteiger partial charge in [0.1, 0.15) is 5.82 Å². The zero-order valence-corrected chi connectivity index (χ0v) is 17.5. The quantitative estimate of drug-likeness (QED) is 0.483. The number of nitrogen functional groups attached to an aromatic ring is 1. The van der Waals surface area contributed by atoms with Gasteiger partial charge in [0.25, 0.3) is 5.56 Å². The summed E-state index contributed by atoms with van der Waals surface area (Å²) in [5.41, 5.74) is 4.61. The zero-order valence-electron chi connectivity index (χ0n) is 16.6. The van der Waals surface area contributed by atoms with Crippen molar-refractivity contribution in [3.8, 4) is 0 Å². The standard InChI is InChI=1S/C17H28N4O6S/c1-5-27-13(23)10-28-9-12(22)20(6-7-26-4)14-15(18)21(8-11(2)3)17(25)19-16(14)24/h11H,5-10,18H2,1-4H3,(H,19,24,25). The van der Waals surface area contributed by atoms with E-state index in [2.05, 4.69) is 4.98 Å². The maximum Gasteiger partial charge on any atom is 0.330 e. The molecule has 0 aromatic carbocycles. The van der Waals surface area contributed by atoms with Crippen LogP contribution in [0, 0.1) is 5.92 Å². The lowest BCUT2D eigenvalue weighted by atomic mass is 10.2. The van der Waals surface area contributed by atoms with Crippen LogP contribution in [0.15, 0.2) is 9.59 Å². The minimum absolute atomic E-state index is 0.0103. The molecule has 0 bridgehead atoms. The van der Waals surface area contributed by atoms with Gasteiger partial charge in [0.2, 0.25) is 5.91 Å². The maximum atomic E-state index is 12.7. The first-order valence-electron chi connectivity index (χ1n) is 8.88. The number of carbonyl (C=O) groups excluding carboxylic acids is 2. The summed E-state index contributed by atoms with van der Waals surface area (Å²) in [5.74, 6) is -0.893. The Morgan fingerprint density at radius 3 is 2.54 bits per heavy atom. The number of nitrogens with one attached hydrogen (secondary N) is 1. The van der Waals surface area contributed by atoms with Crippen LogP contribution in [-0.2, 0) is 25.6 Å². The van der Waals surface area contributed by atoms with Gasteiger partial charge < -0.3 is 20.1 Å². The highest BCUT2D eigenvalue weighted by Crippen LogP contribution is 2.19. The van der Waals surface area contributed by atoms with Crippen LogP contribution in [0.3, 0.4) is 0 Å². The molecule has 10 nitrogen and oxygen atoms in total. The Labute approximate surface area is 167 Å². The van der Waals surface area contributed by atoms with Gasteiger partial charge in [-0.25, -0.2) is 4.79 Å². The number of anilines is 2. The number of amides is 1. The van der Waals surface area contributed by atoms with Crippen LogP contribution in [0.2, 0.25) is 0 Å². The molecule has 0 saturated heterocycles. The Morgan fingerprint density at radius 1 is 1.29 bits per heavy atom. The van der Waals surface area contributed by atoms with Crippen LogP contribution < -0.4 is 21.9 Å². The molecule has 0 aliphatic carbocycles. The van der Waals surface area contributed by atoms with Gasteiger partial charge in [-0.05, 0) is 12.8 Å². The molecule has 0 aliphatic heterocycles. The number of carbonyl (C=O) groups is 2. The van der Waals surface area contributed by atoms with Crippen molar-refractivity contribution in [3.05, 3.63) is 20.8 Å². The van der Waals surface area contributed by atoms with E-state index >= 15 is 0 Å². The number of aromatic nitrogens is 2. The normalized spacial score (nSPS) is 10.9. The van der Waals surface area contributed by atoms with Crippen molar-refractivity contribution < 1.29 is 19.1 Å². The lowest BCUT2D eigenvalue weighted by Crippen LogP contribution is -2.43. The second kappa shape index (κ2) is 11.5. The summed E-state index contributed by atoms with van der Waals surface area (Å²) in [6, 6.07) is 0. The SMILES string of the molecule is CCOC(=O)CSCC(=O)N(CCOC)c1c(N)n(CC(C)C)c(=O)[nH]c1=O. The lowest BCUT2D eigenvalue weighted by Gasteiger charge is -2.24. The number of thioether (sulfide) groups is 1. The van der Waals surface area contributed by atoms with Crippen LogP contribution in [-0.4, -0.2) is 59.8 Å². The number of aromatic amines is 1. The van der Waals surface area contributed by atoms with E-state index in [1.54, 1.807) is 6.92 Å². The highest BCUT2D eigenvalue weighted by Gasteiger charge is 2.24. The largest absolute Gasteiger partial charge is 0.465 e. The predicted octanol–water partition coefficient (Wildman–Crippen LogP) is 0.0505. The number of nitrogens with two attached hydrogens (primary N) is 1. The monoisotopic (exact) mass is 416 g/mol. The van der Waals surface area contributed by atoms with Gasteiger partial charge in [0, 0.05) is 20.2 Å². The molecule has 1 aromatic rings. The van der Waals surface area contributed by atoms with Crippen molar-refractivity contribution in [3.63, 3.8) is 0 Å². The smallest absolute Gasteiger partial charge is 0.330 e. The van der Waals surface area contributed by atoms with E-state index in [0.717, 1.165) is 11.8 Å². The van der Waals surface area contributed by atoms with E-state index in [9.17, 15) is 19.2 Å². The number of nitrogens with zero attached hydrogens (tertiary/aromatic N) is 2. The molecule has 0 aliphatic rings. The Balaban J connectivity index is 3.15. The number of esters is 1. The molecule has 0 radical (unpaired) electrons. The van der Waals surface area contributed by atoms with Gasteiger partial charge in [-0.15, -0.1) is 11.8 Å². The first kappa shape index (κ1) is 23.8. The molecule has 3 N–H and O–H groups in total. The number of ether oxygens (including phenoxy) is 2. The first-order chi connectivity index (χ1) is 13.2. The predicted molar refractivity (Wildman–Crippen MR) is 109 cm³/mol. The highest BCUT2D eigenvalue weighted by molar-refractivity contribution is 8.00. The number of H-pyrrole nitrogens is 1. The molecule has 1 heterocycles. The number of rotatable bonds is 11. The van der Waals surface area contributed by atoms with Gasteiger partial charge in [-0.1, -0.05) is 13.8 Å². The number of methoxy groups -OCH3 is 1. The second-order valence-electron chi connectivity index (χ2n) is 6.33. The molecule has 0 unspecified atom stereocenters. The topological polar surface area (TPSA) is 137 Å². The summed E-state index contributed by atoms with van der Waals surface area (Å²) in [7, 11) is 1.46. The molecule has 1 amide bonds. The molecule has 0 spiro atoms. The van der Waals surface area contributed by atoms with Gasteiger partial charge >= 0.3 is 11.7 Å². The summed E-state index contributed by atoms with van der Waals surface area (Å²) >= 11 is 1.07. The van der Waals surface area contributed by atoms with Crippen molar-refractivity contribution >= 4 is 35.1 Å². The van der Waals surface area contributed by atoms with Crippen LogP contribution in [0.25, 0.3) is 0 Å². The zero-order chi connectivity index (χ0) is 21.3. The molecule has 158 valence electrons. The maximum absolute atomic E-state index is 12.7. The van der Waals surface area contributed by atoms with E-state index in [1.807, 2.05) is 13.8 Å². The average molecular weight is 417 g/mol. The van der Waals surface area contributed by atoms with E-state index < -0.39 is 23.1 Å². The molecular weight excluding hydrogens is 388 g/mol. The molecule has 0 atom stereocenters. The van der Waals surface area contributed by atoms with Crippen molar-refractivity contribution in [1.82, 2.24) is 9.55 Å². The van der Waals surface area contributed by atoms with Crippen LogP contribution in [0.1, 0.15) is 20.8 Å². The minimum atomic E-state index is -0.748. The summed E-state index contributed by atoms with van der Waals surface area (Å²) in [6.07, 6.45) is 0. The third kappa shape index (κ3) is 6.71. The number of hydrogen-bond acceptors (Lipinski definition) is 8. The summed E-state index contributed by atoms with van der Waals surface area (Å²) in [5, 5.41) is 0. The molecule has 0 fully saturated rings. The van der Waals surface area contributed by atoms with Gasteiger partial charge in [0.05, 0.1) is 24.7 Å². The second-order valence-corrected chi connectivity index (χ2v) is 7.32. The van der Waals surface area contributed by atoms with E-state index in [-0.39, 0.29) is 48.7 Å². The molecular formula is C17H28N4O6S. The summed E-state index contributed by atoms with van der Waals surface area (Å²) < 4.78 is 11.1. The van der Waals surface area contributed by atoms with Gasteiger partial charge in [-0.2, -0.15) is 0 Å². The highest BCUT2D eigenvalue weighted by atomic mass is 32.2. The fourth-order valence-corrected chi connectivity index (χ4v) is 3.11. The van der Waals surface area contributed by atoms with E-state index in [1.165, 1.54) is 16.6 Å². The van der Waals surface area contributed by atoms with Crippen molar-refractivity contribution in [2.45, 2.75) is 27.3 Å². The fraction of sp³-hybridized carbons (Fsp3) is 0.647. The van der Waals surface area contributed by atoms with Crippen molar-refractivity contribution in [1.29, 1.82) is 0 Å². The molecule has 1 aromatic heterocycles. The first-order valence-corrected chi connectivity index (χ1v) is 10.0. The fourth-order valence-electron chi connectivity index (χ4n) is 2.43. The lowest BCUT2D eigenvalue weighted by molar-refractivity contribution is -0.139. The molecule has 0 saturated carbocycles. The average Bonchev–Trinajstić information content (AvgIpc) is 2.61. The third-order valence-corrected chi connectivity index (χ3v) is 4.49. The Morgan fingerprint density at radius 2 is 1.96 bits per heavy atom. The molecule has 11 heteroatoms. The van der Waals surface area contributed by atoms with Crippen LogP contribution in [0.5, 0.6) is 0 Å². The Kier molecular flexibility index (Phi) is 9.80. The number of hydrogen-bond donors (Lipinski definition) is 2. The summed E-state index contributed by atoms with van der Waals surface area (Å²) in [4.78, 5) is 52.1. The van der Waals surface area contributed by atoms with Crippen molar-refractivity contribution in [2.75, 3.05) is 49.0 Å². The molecule has 1 rings (SSSR count). The minimum Gasteiger partial charge on any atom is -0.465 e. The summed E-state index contributed by atoms with van der Waals surface area (Å²) in [6.45, 7) is 6.28. The van der Waals surface area contributed by atoms with Crippen LogP contribution >= 0.6 is 11.8 Å². The third-order valence-electron chi connectivity index (χ3n) is 3.60. The van der Waals surface area contributed by atoms with Crippen LogP contribution in [0.4, 0.5) is 11.5 Å².